The number of fused-ring (bicyclic) bond motifs is 5. The van der Waals surface area contributed by atoms with Gasteiger partial charge in [-0.25, -0.2) is 4.85 Å². The lowest BCUT2D eigenvalue weighted by Crippen LogP contribution is -2.25. The SMILES string of the molecule is [C-]#[N+]c1ccc2c(c1)C(C1c3ccccc3N(c3ccccc3)c3ccccc31)c1cc(C#N)ccc1-2. The van der Waals surface area contributed by atoms with Crippen molar-refractivity contribution in [1.29, 1.82) is 5.26 Å². The minimum absolute atomic E-state index is 0.0137. The van der Waals surface area contributed by atoms with E-state index in [1.165, 1.54) is 11.1 Å². The van der Waals surface area contributed by atoms with Crippen LogP contribution in [0.25, 0.3) is 16.0 Å². The number of nitrogens with zero attached hydrogens (tertiary/aromatic N) is 3. The fraction of sp³-hybridized carbons (Fsp3) is 0.0588. The second kappa shape index (κ2) is 8.23. The second-order valence-corrected chi connectivity index (χ2v) is 9.54. The number of hydrogen-bond donors (Lipinski definition) is 0. The molecule has 1 aliphatic heterocycles. The molecule has 1 unspecified atom stereocenters. The summed E-state index contributed by atoms with van der Waals surface area (Å²) in [6, 6.07) is 42.1. The first-order valence-electron chi connectivity index (χ1n) is 12.4. The maximum Gasteiger partial charge on any atom is 0.187 e. The molecule has 5 aromatic carbocycles. The first kappa shape index (κ1) is 21.2. The van der Waals surface area contributed by atoms with Gasteiger partial charge >= 0.3 is 0 Å². The van der Waals surface area contributed by atoms with E-state index in [2.05, 4.69) is 101 Å². The summed E-state index contributed by atoms with van der Waals surface area (Å²) in [4.78, 5) is 6.10. The van der Waals surface area contributed by atoms with Crippen LogP contribution in [0.2, 0.25) is 0 Å². The Bertz CT molecular complexity index is 1660. The summed E-state index contributed by atoms with van der Waals surface area (Å²) in [6.07, 6.45) is 0. The maximum absolute atomic E-state index is 9.74. The van der Waals surface area contributed by atoms with Crippen LogP contribution >= 0.6 is 0 Å². The fourth-order valence-electron chi connectivity index (χ4n) is 6.20. The molecule has 0 spiro atoms. The van der Waals surface area contributed by atoms with Crippen LogP contribution in [0, 0.1) is 17.9 Å². The van der Waals surface area contributed by atoms with Crippen LogP contribution in [0.3, 0.4) is 0 Å². The van der Waals surface area contributed by atoms with Gasteiger partial charge in [0.05, 0.1) is 18.2 Å². The number of nitriles is 1. The fourth-order valence-corrected chi connectivity index (χ4v) is 6.20. The van der Waals surface area contributed by atoms with Crippen molar-refractivity contribution >= 4 is 22.7 Å². The molecule has 0 saturated heterocycles. The highest BCUT2D eigenvalue weighted by molar-refractivity contribution is 5.88. The van der Waals surface area contributed by atoms with Gasteiger partial charge in [0.15, 0.2) is 5.69 Å². The van der Waals surface area contributed by atoms with Crippen LogP contribution in [0.4, 0.5) is 22.7 Å². The Labute approximate surface area is 216 Å². The quantitative estimate of drug-likeness (QED) is 0.241. The predicted molar refractivity (Wildman–Crippen MR) is 148 cm³/mol. The van der Waals surface area contributed by atoms with Gasteiger partial charge in [-0.3, -0.25) is 0 Å². The molecule has 0 radical (unpaired) electrons. The number of anilines is 3. The van der Waals surface area contributed by atoms with Gasteiger partial charge in [0.1, 0.15) is 0 Å². The Morgan fingerprint density at radius 1 is 0.622 bits per heavy atom. The van der Waals surface area contributed by atoms with E-state index >= 15 is 0 Å². The first-order chi connectivity index (χ1) is 18.3. The third-order valence-corrected chi connectivity index (χ3v) is 7.68. The van der Waals surface area contributed by atoms with Gasteiger partial charge in [-0.1, -0.05) is 78.9 Å². The summed E-state index contributed by atoms with van der Waals surface area (Å²) < 4.78 is 0. The van der Waals surface area contributed by atoms with Crippen molar-refractivity contribution in [1.82, 2.24) is 0 Å². The van der Waals surface area contributed by atoms with Crippen molar-refractivity contribution in [2.45, 2.75) is 11.8 Å². The van der Waals surface area contributed by atoms with Crippen molar-refractivity contribution in [3.63, 3.8) is 0 Å². The molecule has 2 aliphatic rings. The molecule has 0 amide bonds. The monoisotopic (exact) mass is 471 g/mol. The number of benzene rings is 5. The van der Waals surface area contributed by atoms with Gasteiger partial charge < -0.3 is 4.90 Å². The second-order valence-electron chi connectivity index (χ2n) is 9.54. The highest BCUT2D eigenvalue weighted by Crippen LogP contribution is 2.59. The van der Waals surface area contributed by atoms with Crippen molar-refractivity contribution < 1.29 is 0 Å². The molecule has 7 rings (SSSR count). The molecule has 1 heterocycles. The molecule has 172 valence electrons. The minimum atomic E-state index is -0.0137. The normalized spacial score (nSPS) is 15.1. The predicted octanol–water partition coefficient (Wildman–Crippen LogP) is 8.84. The lowest BCUT2D eigenvalue weighted by Gasteiger charge is -2.40. The Morgan fingerprint density at radius 3 is 1.84 bits per heavy atom. The largest absolute Gasteiger partial charge is 0.310 e. The zero-order valence-corrected chi connectivity index (χ0v) is 20.0. The molecule has 1 atom stereocenters. The molecular weight excluding hydrogens is 450 g/mol. The van der Waals surface area contributed by atoms with Crippen LogP contribution in [-0.4, -0.2) is 0 Å². The molecule has 0 aromatic heterocycles. The summed E-state index contributed by atoms with van der Waals surface area (Å²) in [6.45, 7) is 7.67. The highest BCUT2D eigenvalue weighted by atomic mass is 15.2. The standard InChI is InChI=1S/C34H21N3/c1-36-23-16-18-26-25-17-15-22(21-35)19-29(25)34(30(26)20-23)33-27-11-5-7-13-31(27)37(24-9-3-2-4-10-24)32-14-8-6-12-28(32)33/h2-20,33-34H. The number of rotatable bonds is 2. The van der Waals surface area contributed by atoms with E-state index in [0.29, 0.717) is 11.3 Å². The van der Waals surface area contributed by atoms with Crippen LogP contribution in [0.15, 0.2) is 115 Å². The summed E-state index contributed by atoms with van der Waals surface area (Å²) in [5, 5.41) is 9.74. The van der Waals surface area contributed by atoms with E-state index in [4.69, 9.17) is 6.57 Å². The zero-order chi connectivity index (χ0) is 24.9. The molecule has 0 saturated carbocycles. The van der Waals surface area contributed by atoms with Gasteiger partial charge in [0, 0.05) is 28.9 Å². The van der Waals surface area contributed by atoms with E-state index in [1.54, 1.807) is 0 Å². The van der Waals surface area contributed by atoms with Gasteiger partial charge in [-0.15, -0.1) is 0 Å². The number of para-hydroxylation sites is 3. The Kier molecular flexibility index (Phi) is 4.71. The molecule has 3 nitrogen and oxygen atoms in total. The smallest absolute Gasteiger partial charge is 0.187 e. The molecule has 0 N–H and O–H groups in total. The molecule has 0 fully saturated rings. The Balaban J connectivity index is 1.53. The van der Waals surface area contributed by atoms with Gasteiger partial charge in [0.2, 0.25) is 0 Å². The van der Waals surface area contributed by atoms with Crippen molar-refractivity contribution in [2.24, 2.45) is 0 Å². The lowest BCUT2D eigenvalue weighted by molar-refractivity contribution is 0.700. The average molecular weight is 472 g/mol. The van der Waals surface area contributed by atoms with E-state index < -0.39 is 0 Å². The summed E-state index contributed by atoms with van der Waals surface area (Å²) in [5.74, 6) is 0.0162. The van der Waals surface area contributed by atoms with Crippen LogP contribution < -0.4 is 4.90 Å². The average Bonchev–Trinajstić information content (AvgIpc) is 3.28. The van der Waals surface area contributed by atoms with Crippen molar-refractivity contribution in [2.75, 3.05) is 4.90 Å². The first-order valence-corrected chi connectivity index (χ1v) is 12.4. The third-order valence-electron chi connectivity index (χ3n) is 7.68. The number of hydrogen-bond acceptors (Lipinski definition) is 2. The van der Waals surface area contributed by atoms with E-state index in [0.717, 1.165) is 39.3 Å². The van der Waals surface area contributed by atoms with Crippen LogP contribution in [-0.2, 0) is 0 Å². The molecule has 1 aliphatic carbocycles. The van der Waals surface area contributed by atoms with Gasteiger partial charge in [0.25, 0.3) is 0 Å². The molecule has 3 heteroatoms. The molecule has 5 aromatic rings. The highest BCUT2D eigenvalue weighted by Gasteiger charge is 2.41. The summed E-state index contributed by atoms with van der Waals surface area (Å²) in [5.41, 5.74) is 11.8. The minimum Gasteiger partial charge on any atom is -0.310 e. The summed E-state index contributed by atoms with van der Waals surface area (Å²) in [7, 11) is 0. The Hall–Kier alpha value is -5.12. The van der Waals surface area contributed by atoms with Crippen LogP contribution in [0.5, 0.6) is 0 Å². The third kappa shape index (κ3) is 3.12. The van der Waals surface area contributed by atoms with Crippen LogP contribution in [0.1, 0.15) is 39.7 Å². The van der Waals surface area contributed by atoms with Gasteiger partial charge in [-0.05, 0) is 69.8 Å². The zero-order valence-electron chi connectivity index (χ0n) is 20.0. The van der Waals surface area contributed by atoms with Crippen molar-refractivity contribution in [3.05, 3.63) is 154 Å². The van der Waals surface area contributed by atoms with Gasteiger partial charge in [-0.2, -0.15) is 5.26 Å². The van der Waals surface area contributed by atoms with E-state index in [9.17, 15) is 5.26 Å². The topological polar surface area (TPSA) is 31.4 Å². The molecule has 37 heavy (non-hydrogen) atoms. The van der Waals surface area contributed by atoms with E-state index in [1.807, 2.05) is 30.3 Å². The maximum atomic E-state index is 9.74. The van der Waals surface area contributed by atoms with E-state index in [-0.39, 0.29) is 11.8 Å². The summed E-state index contributed by atoms with van der Waals surface area (Å²) >= 11 is 0. The van der Waals surface area contributed by atoms with Crippen molar-refractivity contribution in [3.8, 4) is 17.2 Å². The lowest BCUT2D eigenvalue weighted by atomic mass is 9.72. The Morgan fingerprint density at radius 2 is 1.19 bits per heavy atom. The molecular formula is C34H21N3. The molecule has 0 bridgehead atoms.